The monoisotopic (exact) mass is 325 g/mol. The van der Waals surface area contributed by atoms with Crippen LogP contribution < -0.4 is 4.74 Å². The van der Waals surface area contributed by atoms with Crippen molar-refractivity contribution in [3.05, 3.63) is 78.4 Å². The maximum absolute atomic E-state index is 10.3. The summed E-state index contributed by atoms with van der Waals surface area (Å²) < 4.78 is 5.31. The highest BCUT2D eigenvalue weighted by atomic mass is 16.5. The number of methoxy groups -OCH3 is 1. The average Bonchev–Trinajstić information content (AvgIpc) is 2.61. The molecule has 3 heteroatoms. The first kappa shape index (κ1) is 18.2. The first-order chi connectivity index (χ1) is 11.7. The Morgan fingerprint density at radius 1 is 1.08 bits per heavy atom. The van der Waals surface area contributed by atoms with Gasteiger partial charge in [0.2, 0.25) is 0 Å². The van der Waals surface area contributed by atoms with E-state index in [4.69, 9.17) is 4.74 Å². The van der Waals surface area contributed by atoms with Gasteiger partial charge in [0.15, 0.2) is 0 Å². The van der Waals surface area contributed by atoms with Crippen LogP contribution in [0, 0.1) is 0 Å². The van der Waals surface area contributed by atoms with Gasteiger partial charge >= 0.3 is 0 Å². The highest BCUT2D eigenvalue weighted by Gasteiger charge is 2.13. The van der Waals surface area contributed by atoms with E-state index in [1.165, 1.54) is 11.1 Å². The molecule has 0 fully saturated rings. The number of benzene rings is 2. The predicted molar refractivity (Wildman–Crippen MR) is 99.0 cm³/mol. The quantitative estimate of drug-likeness (QED) is 0.670. The summed E-state index contributed by atoms with van der Waals surface area (Å²) in [5, 5.41) is 10.3. The molecule has 3 nitrogen and oxygen atoms in total. The van der Waals surface area contributed by atoms with E-state index in [9.17, 15) is 5.11 Å². The molecule has 0 aliphatic carbocycles. The van der Waals surface area contributed by atoms with Gasteiger partial charge in [-0.15, -0.1) is 6.58 Å². The van der Waals surface area contributed by atoms with Crippen LogP contribution >= 0.6 is 0 Å². The van der Waals surface area contributed by atoms with E-state index in [0.717, 1.165) is 31.7 Å². The van der Waals surface area contributed by atoms with E-state index < -0.39 is 0 Å². The second-order valence-electron chi connectivity index (χ2n) is 6.03. The Morgan fingerprint density at radius 2 is 1.79 bits per heavy atom. The van der Waals surface area contributed by atoms with Crippen molar-refractivity contribution in [1.29, 1.82) is 0 Å². The van der Waals surface area contributed by atoms with Crippen molar-refractivity contribution in [2.75, 3.05) is 13.7 Å². The lowest BCUT2D eigenvalue weighted by Crippen LogP contribution is -2.31. The molecule has 1 atom stereocenters. The minimum absolute atomic E-state index is 0.350. The number of aliphatic hydroxyl groups excluding tert-OH is 1. The van der Waals surface area contributed by atoms with E-state index in [1.807, 2.05) is 42.5 Å². The van der Waals surface area contributed by atoms with Crippen LogP contribution in [-0.4, -0.2) is 29.8 Å². The summed E-state index contributed by atoms with van der Waals surface area (Å²) in [5.41, 5.74) is 2.43. The molecule has 0 saturated heterocycles. The van der Waals surface area contributed by atoms with Crippen molar-refractivity contribution in [2.45, 2.75) is 32.0 Å². The van der Waals surface area contributed by atoms with Gasteiger partial charge in [-0.2, -0.15) is 0 Å². The standard InChI is InChI=1S/C21H27NO2/c1-3-4-12-20(23)17-22(15-18-9-6-5-7-10-18)16-19-11-8-13-21(14-19)24-2/h3,5-11,13-14,20,23H,1,4,12,15-17H2,2H3/t20-/m1/s1. The van der Waals surface area contributed by atoms with Crippen molar-refractivity contribution in [3.63, 3.8) is 0 Å². The summed E-state index contributed by atoms with van der Waals surface area (Å²) in [4.78, 5) is 2.28. The molecule has 0 aliphatic rings. The molecule has 0 amide bonds. The fourth-order valence-electron chi connectivity index (χ4n) is 2.76. The zero-order chi connectivity index (χ0) is 17.2. The Hall–Kier alpha value is -2.10. The molecule has 1 N–H and O–H groups in total. The average molecular weight is 325 g/mol. The largest absolute Gasteiger partial charge is 0.497 e. The maximum Gasteiger partial charge on any atom is 0.119 e. The minimum atomic E-state index is -0.350. The Morgan fingerprint density at radius 3 is 2.50 bits per heavy atom. The Labute approximate surface area is 145 Å². The SMILES string of the molecule is C=CCC[C@@H](O)CN(Cc1ccccc1)Cc1cccc(OC)c1. The Bertz CT molecular complexity index is 612. The number of hydrogen-bond donors (Lipinski definition) is 1. The van der Waals surface area contributed by atoms with Crippen LogP contribution in [0.25, 0.3) is 0 Å². The lowest BCUT2D eigenvalue weighted by atomic mass is 10.1. The second kappa shape index (κ2) is 9.91. The first-order valence-electron chi connectivity index (χ1n) is 8.39. The third-order valence-corrected chi connectivity index (χ3v) is 3.96. The van der Waals surface area contributed by atoms with Crippen molar-refractivity contribution in [2.24, 2.45) is 0 Å². The van der Waals surface area contributed by atoms with Gasteiger partial charge in [0.1, 0.15) is 5.75 Å². The van der Waals surface area contributed by atoms with E-state index in [1.54, 1.807) is 7.11 Å². The summed E-state index contributed by atoms with van der Waals surface area (Å²) >= 11 is 0. The summed E-state index contributed by atoms with van der Waals surface area (Å²) in [5.74, 6) is 0.861. The smallest absolute Gasteiger partial charge is 0.119 e. The fourth-order valence-corrected chi connectivity index (χ4v) is 2.76. The minimum Gasteiger partial charge on any atom is -0.497 e. The third-order valence-electron chi connectivity index (χ3n) is 3.96. The fraction of sp³-hybridized carbons (Fsp3) is 0.333. The normalized spacial score (nSPS) is 12.1. The molecule has 0 radical (unpaired) electrons. The number of ether oxygens (including phenoxy) is 1. The summed E-state index contributed by atoms with van der Waals surface area (Å²) in [6, 6.07) is 18.5. The van der Waals surface area contributed by atoms with Gasteiger partial charge in [0.05, 0.1) is 13.2 Å². The molecule has 0 bridgehead atoms. The van der Waals surface area contributed by atoms with Gasteiger partial charge in [0.25, 0.3) is 0 Å². The molecule has 2 aromatic rings. The molecule has 0 heterocycles. The van der Waals surface area contributed by atoms with E-state index >= 15 is 0 Å². The molecule has 0 spiro atoms. The van der Waals surface area contributed by atoms with Crippen LogP contribution in [-0.2, 0) is 13.1 Å². The van der Waals surface area contributed by atoms with Gasteiger partial charge in [-0.1, -0.05) is 48.5 Å². The molecule has 24 heavy (non-hydrogen) atoms. The molecule has 0 saturated carbocycles. The van der Waals surface area contributed by atoms with E-state index in [2.05, 4.69) is 29.7 Å². The number of allylic oxidation sites excluding steroid dienone is 1. The van der Waals surface area contributed by atoms with Gasteiger partial charge < -0.3 is 9.84 Å². The summed E-state index contributed by atoms with van der Waals surface area (Å²) in [6.45, 7) is 5.95. The second-order valence-corrected chi connectivity index (χ2v) is 6.03. The van der Waals surface area contributed by atoms with Crippen LogP contribution in [0.3, 0.4) is 0 Å². The predicted octanol–water partition coefficient (Wildman–Crippen LogP) is 4.02. The van der Waals surface area contributed by atoms with Gasteiger partial charge in [-0.25, -0.2) is 0 Å². The third kappa shape index (κ3) is 6.19. The van der Waals surface area contributed by atoms with Crippen LogP contribution in [0.15, 0.2) is 67.3 Å². The molecule has 0 unspecified atom stereocenters. The lowest BCUT2D eigenvalue weighted by molar-refractivity contribution is 0.0984. The highest BCUT2D eigenvalue weighted by Crippen LogP contribution is 2.16. The number of rotatable bonds is 10. The Kier molecular flexibility index (Phi) is 7.53. The topological polar surface area (TPSA) is 32.7 Å². The molecule has 128 valence electrons. The van der Waals surface area contributed by atoms with Crippen LogP contribution in [0.1, 0.15) is 24.0 Å². The molecule has 2 rings (SSSR count). The zero-order valence-electron chi connectivity index (χ0n) is 14.4. The molecule has 0 aromatic heterocycles. The van der Waals surface area contributed by atoms with Crippen molar-refractivity contribution in [1.82, 2.24) is 4.90 Å². The summed E-state index contributed by atoms with van der Waals surface area (Å²) in [6.07, 6.45) is 3.08. The van der Waals surface area contributed by atoms with Gasteiger partial charge in [-0.3, -0.25) is 4.90 Å². The summed E-state index contributed by atoms with van der Waals surface area (Å²) in [7, 11) is 1.68. The van der Waals surface area contributed by atoms with E-state index in [-0.39, 0.29) is 6.10 Å². The zero-order valence-corrected chi connectivity index (χ0v) is 14.4. The van der Waals surface area contributed by atoms with Crippen molar-refractivity contribution < 1.29 is 9.84 Å². The Balaban J connectivity index is 2.07. The molecule has 2 aromatic carbocycles. The van der Waals surface area contributed by atoms with Crippen LogP contribution in [0.5, 0.6) is 5.75 Å². The number of aliphatic hydroxyl groups is 1. The number of hydrogen-bond acceptors (Lipinski definition) is 3. The highest BCUT2D eigenvalue weighted by molar-refractivity contribution is 5.28. The van der Waals surface area contributed by atoms with E-state index in [0.29, 0.717) is 6.54 Å². The molecular formula is C21H27NO2. The number of nitrogens with zero attached hydrogens (tertiary/aromatic N) is 1. The first-order valence-corrected chi connectivity index (χ1v) is 8.39. The maximum atomic E-state index is 10.3. The van der Waals surface area contributed by atoms with Gasteiger partial charge in [0, 0.05) is 19.6 Å². The molecule has 0 aliphatic heterocycles. The van der Waals surface area contributed by atoms with Crippen LogP contribution in [0.2, 0.25) is 0 Å². The van der Waals surface area contributed by atoms with Crippen LogP contribution in [0.4, 0.5) is 0 Å². The lowest BCUT2D eigenvalue weighted by Gasteiger charge is -2.25. The van der Waals surface area contributed by atoms with Gasteiger partial charge in [-0.05, 0) is 36.1 Å². The molecular weight excluding hydrogens is 298 g/mol. The van der Waals surface area contributed by atoms with Crippen molar-refractivity contribution >= 4 is 0 Å². The van der Waals surface area contributed by atoms with Crippen molar-refractivity contribution in [3.8, 4) is 5.75 Å².